The quantitative estimate of drug-likeness (QED) is 0.267. The molecule has 0 bridgehead atoms. The van der Waals surface area contributed by atoms with Crippen molar-refractivity contribution < 1.29 is 38.1 Å². The number of pyridine rings is 1. The summed E-state index contributed by atoms with van der Waals surface area (Å²) in [5.74, 6) is -1.28. The average molecular weight is 459 g/mol. The first-order valence-electron chi connectivity index (χ1n) is 10.4. The second kappa shape index (κ2) is 12.4. The predicted octanol–water partition coefficient (Wildman–Crippen LogP) is 3.52. The van der Waals surface area contributed by atoms with Gasteiger partial charge in [-0.2, -0.15) is 0 Å². The zero-order valence-electron chi connectivity index (χ0n) is 19.5. The van der Waals surface area contributed by atoms with Crippen LogP contribution in [0.15, 0.2) is 36.5 Å². The van der Waals surface area contributed by atoms with Crippen molar-refractivity contribution in [3.05, 3.63) is 47.8 Å². The number of carbonyl (C=O) groups excluding carboxylic acids is 3. The van der Waals surface area contributed by atoms with Gasteiger partial charge in [0, 0.05) is 25.6 Å². The van der Waals surface area contributed by atoms with Gasteiger partial charge in [0.25, 0.3) is 0 Å². The summed E-state index contributed by atoms with van der Waals surface area (Å²) >= 11 is 0. The second-order valence-electron chi connectivity index (χ2n) is 7.49. The Morgan fingerprint density at radius 2 is 1.73 bits per heavy atom. The number of aryl methyl sites for hydroxylation is 1. The van der Waals surface area contributed by atoms with Gasteiger partial charge >= 0.3 is 11.9 Å². The molecule has 2 rings (SSSR count). The van der Waals surface area contributed by atoms with Crippen molar-refractivity contribution >= 4 is 17.7 Å². The van der Waals surface area contributed by atoms with Crippen LogP contribution in [-0.4, -0.2) is 49.3 Å². The molecular formula is C24H29NO8. The molecule has 0 saturated heterocycles. The van der Waals surface area contributed by atoms with Crippen LogP contribution >= 0.6 is 0 Å². The molecule has 0 aliphatic rings. The fourth-order valence-electron chi connectivity index (χ4n) is 2.78. The Labute approximate surface area is 193 Å². The van der Waals surface area contributed by atoms with Crippen LogP contribution in [0.1, 0.15) is 43.2 Å². The fourth-order valence-corrected chi connectivity index (χ4v) is 2.78. The summed E-state index contributed by atoms with van der Waals surface area (Å²) in [6, 6.07) is 9.05. The number of rotatable bonds is 12. The molecule has 1 aromatic heterocycles. The first kappa shape index (κ1) is 25.6. The first-order valence-corrected chi connectivity index (χ1v) is 10.4. The van der Waals surface area contributed by atoms with Gasteiger partial charge in [-0.15, -0.1) is 0 Å². The Kier molecular flexibility index (Phi) is 9.65. The van der Waals surface area contributed by atoms with Gasteiger partial charge in [-0.3, -0.25) is 14.4 Å². The van der Waals surface area contributed by atoms with Crippen LogP contribution < -0.4 is 14.2 Å². The minimum absolute atomic E-state index is 0.0303. The van der Waals surface area contributed by atoms with Crippen molar-refractivity contribution in [1.82, 2.24) is 4.98 Å². The number of aromatic nitrogens is 1. The van der Waals surface area contributed by atoms with E-state index in [0.717, 1.165) is 5.56 Å². The molecular weight excluding hydrogens is 430 g/mol. The summed E-state index contributed by atoms with van der Waals surface area (Å²) in [6.07, 6.45) is 0.870. The lowest BCUT2D eigenvalue weighted by molar-refractivity contribution is -0.150. The zero-order valence-corrected chi connectivity index (χ0v) is 19.5. The van der Waals surface area contributed by atoms with Crippen molar-refractivity contribution in [3.63, 3.8) is 0 Å². The maximum atomic E-state index is 12.8. The van der Waals surface area contributed by atoms with E-state index in [4.69, 9.17) is 23.7 Å². The monoisotopic (exact) mass is 459 g/mol. The van der Waals surface area contributed by atoms with Gasteiger partial charge in [-0.1, -0.05) is 24.6 Å². The molecule has 1 heterocycles. The molecule has 0 aliphatic carbocycles. The molecule has 2 aromatic rings. The van der Waals surface area contributed by atoms with Crippen molar-refractivity contribution in [2.45, 2.75) is 40.2 Å². The molecule has 33 heavy (non-hydrogen) atoms. The Morgan fingerprint density at radius 3 is 2.36 bits per heavy atom. The molecule has 178 valence electrons. The number of ketones is 1. The van der Waals surface area contributed by atoms with Crippen LogP contribution in [0.4, 0.5) is 0 Å². The van der Waals surface area contributed by atoms with Crippen LogP contribution in [0.5, 0.6) is 17.2 Å². The predicted molar refractivity (Wildman–Crippen MR) is 118 cm³/mol. The number of Topliss-reactive ketones (excluding diaryl/α,β-unsaturated/α-hetero) is 1. The topological polar surface area (TPSA) is 110 Å². The van der Waals surface area contributed by atoms with Gasteiger partial charge in [0.05, 0.1) is 13.0 Å². The number of hydrogen-bond donors (Lipinski definition) is 0. The Bertz CT molecular complexity index is 957. The Hall–Kier alpha value is -3.62. The molecule has 0 unspecified atom stereocenters. The standard InChI is InChI=1S/C24H29NO8/c1-15-6-8-19(9-7-15)33-17(3)13-30-24(28)16(2)12-20(27)22-23(32-14-31-18(4)26)21(29-5)10-11-25-22/h6-11,16-17H,12-14H2,1-5H3/t16-,17+/m1/s1. The number of ether oxygens (including phenoxy) is 5. The number of hydrogen-bond acceptors (Lipinski definition) is 9. The van der Waals surface area contributed by atoms with Crippen LogP contribution in [0.25, 0.3) is 0 Å². The zero-order chi connectivity index (χ0) is 24.4. The summed E-state index contributed by atoms with van der Waals surface area (Å²) < 4.78 is 26.4. The van der Waals surface area contributed by atoms with Crippen molar-refractivity contribution in [1.29, 1.82) is 0 Å². The number of benzene rings is 1. The summed E-state index contributed by atoms with van der Waals surface area (Å²) in [5.41, 5.74) is 1.09. The number of methoxy groups -OCH3 is 1. The van der Waals surface area contributed by atoms with E-state index < -0.39 is 30.4 Å². The van der Waals surface area contributed by atoms with E-state index in [1.54, 1.807) is 13.8 Å². The molecule has 0 N–H and O–H groups in total. The molecule has 0 amide bonds. The van der Waals surface area contributed by atoms with Crippen LogP contribution in [0, 0.1) is 12.8 Å². The van der Waals surface area contributed by atoms with E-state index >= 15 is 0 Å². The largest absolute Gasteiger partial charge is 0.493 e. The van der Waals surface area contributed by atoms with E-state index in [-0.39, 0.29) is 36.3 Å². The highest BCUT2D eigenvalue weighted by Gasteiger charge is 2.25. The minimum atomic E-state index is -0.724. The third-order valence-corrected chi connectivity index (χ3v) is 4.53. The maximum Gasteiger partial charge on any atom is 0.309 e. The Morgan fingerprint density at radius 1 is 1.03 bits per heavy atom. The molecule has 2 atom stereocenters. The van der Waals surface area contributed by atoms with Crippen LogP contribution in [0.2, 0.25) is 0 Å². The van der Waals surface area contributed by atoms with E-state index in [0.29, 0.717) is 5.75 Å². The molecule has 0 radical (unpaired) electrons. The van der Waals surface area contributed by atoms with Gasteiger partial charge in [-0.25, -0.2) is 4.98 Å². The van der Waals surface area contributed by atoms with Gasteiger partial charge in [0.1, 0.15) is 18.5 Å². The molecule has 1 aromatic carbocycles. The fraction of sp³-hybridized carbons (Fsp3) is 0.417. The van der Waals surface area contributed by atoms with Gasteiger partial charge < -0.3 is 23.7 Å². The highest BCUT2D eigenvalue weighted by atomic mass is 16.7. The Balaban J connectivity index is 1.93. The first-order chi connectivity index (χ1) is 15.7. The maximum absolute atomic E-state index is 12.8. The molecule has 0 fully saturated rings. The summed E-state index contributed by atoms with van der Waals surface area (Å²) in [7, 11) is 1.40. The normalized spacial score (nSPS) is 12.3. The van der Waals surface area contributed by atoms with Gasteiger partial charge in [0.15, 0.2) is 23.0 Å². The van der Waals surface area contributed by atoms with Crippen LogP contribution in [0.3, 0.4) is 0 Å². The SMILES string of the molecule is COc1ccnc(C(=O)C[C@@H](C)C(=O)OC[C@H](C)Oc2ccc(C)cc2)c1OCOC(C)=O. The number of esters is 2. The van der Waals surface area contributed by atoms with Crippen LogP contribution in [-0.2, 0) is 19.1 Å². The van der Waals surface area contributed by atoms with E-state index in [9.17, 15) is 14.4 Å². The average Bonchev–Trinajstić information content (AvgIpc) is 2.78. The van der Waals surface area contributed by atoms with Gasteiger partial charge in [-0.05, 0) is 26.0 Å². The summed E-state index contributed by atoms with van der Waals surface area (Å²) in [6.45, 7) is 6.22. The molecule has 0 aliphatic heterocycles. The minimum Gasteiger partial charge on any atom is -0.493 e. The van der Waals surface area contributed by atoms with Crippen molar-refractivity contribution in [2.75, 3.05) is 20.5 Å². The number of nitrogens with zero attached hydrogens (tertiary/aromatic N) is 1. The third kappa shape index (κ3) is 8.10. The lowest BCUT2D eigenvalue weighted by Crippen LogP contribution is -2.25. The van der Waals surface area contributed by atoms with Crippen molar-refractivity contribution in [2.24, 2.45) is 5.92 Å². The molecule has 9 heteroatoms. The van der Waals surface area contributed by atoms with E-state index in [1.165, 1.54) is 26.3 Å². The summed E-state index contributed by atoms with van der Waals surface area (Å²) in [4.78, 5) is 40.3. The molecule has 0 spiro atoms. The third-order valence-electron chi connectivity index (χ3n) is 4.53. The molecule has 9 nitrogen and oxygen atoms in total. The van der Waals surface area contributed by atoms with E-state index in [1.807, 2.05) is 31.2 Å². The van der Waals surface area contributed by atoms with Gasteiger partial charge in [0.2, 0.25) is 6.79 Å². The number of carbonyl (C=O) groups is 3. The lowest BCUT2D eigenvalue weighted by Gasteiger charge is -2.17. The highest BCUT2D eigenvalue weighted by molar-refractivity contribution is 5.99. The second-order valence-corrected chi connectivity index (χ2v) is 7.49. The smallest absolute Gasteiger partial charge is 0.309 e. The van der Waals surface area contributed by atoms with Crippen molar-refractivity contribution in [3.8, 4) is 17.2 Å². The highest BCUT2D eigenvalue weighted by Crippen LogP contribution is 2.31. The molecule has 0 saturated carbocycles. The lowest BCUT2D eigenvalue weighted by atomic mass is 10.0. The summed E-state index contributed by atoms with van der Waals surface area (Å²) in [5, 5.41) is 0. The van der Waals surface area contributed by atoms with E-state index in [2.05, 4.69) is 4.98 Å².